The molecule has 0 aliphatic rings. The predicted molar refractivity (Wildman–Crippen MR) is 113 cm³/mol. The summed E-state index contributed by atoms with van der Waals surface area (Å²) in [4.78, 5) is 24.1. The van der Waals surface area contributed by atoms with Gasteiger partial charge in [-0.3, -0.25) is 4.79 Å². The molecule has 3 amide bonds. The van der Waals surface area contributed by atoms with Gasteiger partial charge >= 0.3 is 6.03 Å². The first-order valence-corrected chi connectivity index (χ1v) is 10.6. The lowest BCUT2D eigenvalue weighted by Gasteiger charge is -2.18. The molecule has 0 aliphatic heterocycles. The van der Waals surface area contributed by atoms with Gasteiger partial charge in [0.15, 0.2) is 0 Å². The van der Waals surface area contributed by atoms with E-state index in [0.717, 1.165) is 15.4 Å². The van der Waals surface area contributed by atoms with Crippen molar-refractivity contribution in [3.63, 3.8) is 0 Å². The summed E-state index contributed by atoms with van der Waals surface area (Å²) >= 11 is 0. The van der Waals surface area contributed by atoms with Crippen LogP contribution in [0.2, 0.25) is 0 Å². The van der Waals surface area contributed by atoms with Crippen molar-refractivity contribution in [3.05, 3.63) is 53.6 Å². The number of rotatable bonds is 7. The van der Waals surface area contributed by atoms with Crippen LogP contribution in [-0.2, 0) is 14.8 Å². The van der Waals surface area contributed by atoms with Crippen molar-refractivity contribution >= 4 is 33.3 Å². The number of carbonyl (C=O) groups is 2. The molecule has 2 rings (SSSR count). The van der Waals surface area contributed by atoms with E-state index in [4.69, 9.17) is 0 Å². The van der Waals surface area contributed by atoms with Gasteiger partial charge in [-0.25, -0.2) is 13.2 Å². The van der Waals surface area contributed by atoms with Gasteiger partial charge in [0.05, 0.1) is 11.4 Å². The molecule has 0 saturated carbocycles. The number of nitrogens with one attached hydrogen (secondary N) is 3. The van der Waals surface area contributed by atoms with Crippen LogP contribution in [0.15, 0.2) is 47.4 Å². The molecule has 29 heavy (non-hydrogen) atoms. The lowest BCUT2D eigenvalue weighted by atomic mass is 10.1. The van der Waals surface area contributed by atoms with Gasteiger partial charge in [0.2, 0.25) is 15.9 Å². The van der Waals surface area contributed by atoms with Crippen LogP contribution in [-0.4, -0.2) is 44.8 Å². The summed E-state index contributed by atoms with van der Waals surface area (Å²) in [5, 5.41) is 7.90. The second-order valence-electron chi connectivity index (χ2n) is 6.62. The van der Waals surface area contributed by atoms with E-state index >= 15 is 0 Å². The molecule has 2 aromatic carbocycles. The Balaban J connectivity index is 2.04. The molecular weight excluding hydrogens is 392 g/mol. The van der Waals surface area contributed by atoms with Crippen molar-refractivity contribution in [2.24, 2.45) is 0 Å². The Morgan fingerprint density at radius 3 is 2.24 bits per heavy atom. The van der Waals surface area contributed by atoms with Crippen molar-refractivity contribution in [1.29, 1.82) is 0 Å². The van der Waals surface area contributed by atoms with Crippen LogP contribution in [0.5, 0.6) is 0 Å². The minimum atomic E-state index is -3.79. The topological polar surface area (TPSA) is 108 Å². The van der Waals surface area contributed by atoms with E-state index < -0.39 is 15.9 Å². The average Bonchev–Trinajstić information content (AvgIpc) is 2.64. The fourth-order valence-corrected chi connectivity index (χ4v) is 3.77. The summed E-state index contributed by atoms with van der Waals surface area (Å²) in [5.74, 6) is -0.491. The summed E-state index contributed by atoms with van der Waals surface area (Å²) in [6.07, 6.45) is 0. The Bertz CT molecular complexity index is 1010. The van der Waals surface area contributed by atoms with Gasteiger partial charge in [0.25, 0.3) is 0 Å². The molecule has 8 nitrogen and oxygen atoms in total. The minimum Gasteiger partial charge on any atom is -0.338 e. The van der Waals surface area contributed by atoms with Crippen molar-refractivity contribution in [2.45, 2.75) is 25.7 Å². The number of urea groups is 1. The maximum atomic E-state index is 12.7. The third kappa shape index (κ3) is 6.03. The highest BCUT2D eigenvalue weighted by molar-refractivity contribution is 7.89. The van der Waals surface area contributed by atoms with Crippen LogP contribution in [0.4, 0.5) is 16.2 Å². The highest BCUT2D eigenvalue weighted by atomic mass is 32.2. The van der Waals surface area contributed by atoms with Gasteiger partial charge in [-0.2, -0.15) is 4.31 Å². The smallest absolute Gasteiger partial charge is 0.319 e. The number of hydrogen-bond donors (Lipinski definition) is 3. The summed E-state index contributed by atoms with van der Waals surface area (Å²) in [6, 6.07) is 11.1. The van der Waals surface area contributed by atoms with E-state index in [9.17, 15) is 18.0 Å². The van der Waals surface area contributed by atoms with Gasteiger partial charge in [0, 0.05) is 25.0 Å². The second kappa shape index (κ2) is 9.53. The Hall–Kier alpha value is -2.91. The summed E-state index contributed by atoms with van der Waals surface area (Å²) in [6.45, 7) is 5.69. The Kier molecular flexibility index (Phi) is 7.35. The summed E-state index contributed by atoms with van der Waals surface area (Å²) in [7, 11) is -2.43. The zero-order valence-corrected chi connectivity index (χ0v) is 17.8. The fraction of sp³-hybridized carbons (Fsp3) is 0.300. The standard InChI is InChI=1S/C20H26N4O4S/c1-5-21-20(26)23-17-8-6-7-16(12-17)22-19(25)13-24(4)29(27,28)18-10-9-14(2)15(3)11-18/h6-12H,5,13H2,1-4H3,(H,22,25)(H2,21,23,26). The Morgan fingerprint density at radius 2 is 1.62 bits per heavy atom. The maximum Gasteiger partial charge on any atom is 0.319 e. The molecule has 2 aromatic rings. The van der Waals surface area contributed by atoms with E-state index in [1.54, 1.807) is 43.3 Å². The average molecular weight is 419 g/mol. The monoisotopic (exact) mass is 418 g/mol. The van der Waals surface area contributed by atoms with E-state index in [1.807, 2.05) is 13.8 Å². The number of nitrogens with zero attached hydrogens (tertiary/aromatic N) is 1. The maximum absolute atomic E-state index is 12.7. The van der Waals surface area contributed by atoms with Crippen LogP contribution in [0.25, 0.3) is 0 Å². The quantitative estimate of drug-likeness (QED) is 0.642. The molecule has 0 saturated heterocycles. The number of benzene rings is 2. The number of hydrogen-bond acceptors (Lipinski definition) is 4. The molecule has 0 aromatic heterocycles. The van der Waals surface area contributed by atoms with Gasteiger partial charge in [-0.1, -0.05) is 12.1 Å². The third-order valence-corrected chi connectivity index (χ3v) is 6.09. The van der Waals surface area contributed by atoms with Crippen LogP contribution in [0.3, 0.4) is 0 Å². The first-order chi connectivity index (χ1) is 13.6. The number of amides is 3. The first-order valence-electron chi connectivity index (χ1n) is 9.12. The highest BCUT2D eigenvalue weighted by Crippen LogP contribution is 2.19. The third-order valence-electron chi connectivity index (χ3n) is 4.29. The van der Waals surface area contributed by atoms with E-state index in [2.05, 4.69) is 16.0 Å². The van der Waals surface area contributed by atoms with E-state index in [0.29, 0.717) is 17.9 Å². The van der Waals surface area contributed by atoms with E-state index in [-0.39, 0.29) is 17.5 Å². The van der Waals surface area contributed by atoms with Gasteiger partial charge in [0.1, 0.15) is 0 Å². The molecule has 0 fully saturated rings. The fourth-order valence-electron chi connectivity index (χ4n) is 2.55. The van der Waals surface area contributed by atoms with E-state index in [1.165, 1.54) is 13.1 Å². The summed E-state index contributed by atoms with van der Waals surface area (Å²) < 4.78 is 26.4. The van der Waals surface area contributed by atoms with Crippen LogP contribution in [0, 0.1) is 13.8 Å². The normalized spacial score (nSPS) is 11.2. The molecule has 156 valence electrons. The zero-order chi connectivity index (χ0) is 21.6. The van der Waals surface area contributed by atoms with Crippen molar-refractivity contribution < 1.29 is 18.0 Å². The lowest BCUT2D eigenvalue weighted by molar-refractivity contribution is -0.116. The molecule has 0 atom stereocenters. The number of aryl methyl sites for hydroxylation is 2. The van der Waals surface area contributed by atoms with Crippen molar-refractivity contribution in [2.75, 3.05) is 30.8 Å². The lowest BCUT2D eigenvalue weighted by Crippen LogP contribution is -2.35. The van der Waals surface area contributed by atoms with Crippen LogP contribution in [0.1, 0.15) is 18.1 Å². The predicted octanol–water partition coefficient (Wildman–Crippen LogP) is 2.70. The summed E-state index contributed by atoms with van der Waals surface area (Å²) in [5.41, 5.74) is 2.80. The van der Waals surface area contributed by atoms with Crippen molar-refractivity contribution in [1.82, 2.24) is 9.62 Å². The van der Waals surface area contributed by atoms with Gasteiger partial charge < -0.3 is 16.0 Å². The van der Waals surface area contributed by atoms with Crippen LogP contribution < -0.4 is 16.0 Å². The number of likely N-dealkylation sites (N-methyl/N-ethyl adjacent to an activating group) is 1. The highest BCUT2D eigenvalue weighted by Gasteiger charge is 2.23. The molecule has 0 bridgehead atoms. The molecule has 0 aliphatic carbocycles. The molecule has 9 heteroatoms. The van der Waals surface area contributed by atoms with Crippen LogP contribution >= 0.6 is 0 Å². The Labute approximate surface area is 171 Å². The Morgan fingerprint density at radius 1 is 0.966 bits per heavy atom. The molecule has 0 radical (unpaired) electrons. The number of sulfonamides is 1. The largest absolute Gasteiger partial charge is 0.338 e. The molecule has 3 N–H and O–H groups in total. The minimum absolute atomic E-state index is 0.143. The number of anilines is 2. The first kappa shape index (κ1) is 22.4. The zero-order valence-electron chi connectivity index (χ0n) is 16.9. The van der Waals surface area contributed by atoms with Crippen molar-refractivity contribution in [3.8, 4) is 0 Å². The SMILES string of the molecule is CCNC(=O)Nc1cccc(NC(=O)CN(C)S(=O)(=O)c2ccc(C)c(C)c2)c1. The van der Waals surface area contributed by atoms with Gasteiger partial charge in [-0.15, -0.1) is 0 Å². The van der Waals surface area contributed by atoms with Gasteiger partial charge in [-0.05, 0) is 62.2 Å². The second-order valence-corrected chi connectivity index (χ2v) is 8.67. The molecule has 0 spiro atoms. The molecule has 0 unspecified atom stereocenters. The molecular formula is C20H26N4O4S. The molecule has 0 heterocycles. The number of carbonyl (C=O) groups excluding carboxylic acids is 2.